The maximum absolute atomic E-state index is 12.1. The smallest absolute Gasteiger partial charge is 0.254 e. The number of rotatable bonds is 5. The zero-order valence-corrected chi connectivity index (χ0v) is 11.6. The van der Waals surface area contributed by atoms with Gasteiger partial charge in [-0.05, 0) is 32.4 Å². The normalized spacial score (nSPS) is 12.2. The molecule has 0 radical (unpaired) electrons. The molecule has 0 aromatic carbocycles. The SMILES string of the molecule is Cc1c(C(=O)NC(C)CCO)cnn1-c1ccccn1. The van der Waals surface area contributed by atoms with Crippen molar-refractivity contribution in [3.8, 4) is 5.82 Å². The summed E-state index contributed by atoms with van der Waals surface area (Å²) in [6, 6.07) is 5.44. The third kappa shape index (κ3) is 3.03. The molecule has 2 aromatic heterocycles. The third-order valence-electron chi connectivity index (χ3n) is 3.06. The molecule has 20 heavy (non-hydrogen) atoms. The Hall–Kier alpha value is -2.21. The van der Waals surface area contributed by atoms with E-state index in [1.54, 1.807) is 10.9 Å². The predicted octanol–water partition coefficient (Wildman–Crippen LogP) is 1.08. The fourth-order valence-corrected chi connectivity index (χ4v) is 1.91. The Morgan fingerprint density at radius 3 is 2.95 bits per heavy atom. The Morgan fingerprint density at radius 2 is 2.30 bits per heavy atom. The molecule has 106 valence electrons. The lowest BCUT2D eigenvalue weighted by Gasteiger charge is -2.12. The van der Waals surface area contributed by atoms with Gasteiger partial charge in [0.15, 0.2) is 5.82 Å². The van der Waals surface area contributed by atoms with Crippen LogP contribution in [-0.4, -0.2) is 38.4 Å². The van der Waals surface area contributed by atoms with Crippen molar-refractivity contribution in [1.29, 1.82) is 0 Å². The summed E-state index contributed by atoms with van der Waals surface area (Å²) in [5, 5.41) is 15.9. The van der Waals surface area contributed by atoms with Gasteiger partial charge >= 0.3 is 0 Å². The van der Waals surface area contributed by atoms with Gasteiger partial charge in [0.2, 0.25) is 0 Å². The van der Waals surface area contributed by atoms with Crippen LogP contribution in [0.3, 0.4) is 0 Å². The molecule has 2 N–H and O–H groups in total. The second-order valence-corrected chi connectivity index (χ2v) is 4.63. The summed E-state index contributed by atoms with van der Waals surface area (Å²) in [4.78, 5) is 16.3. The Balaban J connectivity index is 2.19. The molecular weight excluding hydrogens is 256 g/mol. The second kappa shape index (κ2) is 6.29. The first-order valence-electron chi connectivity index (χ1n) is 6.51. The summed E-state index contributed by atoms with van der Waals surface area (Å²) in [5.41, 5.74) is 1.25. The third-order valence-corrected chi connectivity index (χ3v) is 3.06. The van der Waals surface area contributed by atoms with Gasteiger partial charge in [0.05, 0.1) is 17.5 Å². The molecule has 0 saturated heterocycles. The lowest BCUT2D eigenvalue weighted by Crippen LogP contribution is -2.33. The van der Waals surface area contributed by atoms with Crippen molar-refractivity contribution in [2.45, 2.75) is 26.3 Å². The first-order valence-corrected chi connectivity index (χ1v) is 6.51. The van der Waals surface area contributed by atoms with Crippen molar-refractivity contribution in [2.24, 2.45) is 0 Å². The van der Waals surface area contributed by atoms with Gasteiger partial charge in [-0.15, -0.1) is 0 Å². The minimum absolute atomic E-state index is 0.0492. The molecular formula is C14H18N4O2. The summed E-state index contributed by atoms with van der Waals surface area (Å²) < 4.78 is 1.63. The standard InChI is InChI=1S/C14H18N4O2/c1-10(6-8-19)17-14(20)12-9-16-18(11(12)2)13-5-3-4-7-15-13/h3-5,7,9-10,19H,6,8H2,1-2H3,(H,17,20). The van der Waals surface area contributed by atoms with Crippen LogP contribution in [0.5, 0.6) is 0 Å². The van der Waals surface area contributed by atoms with Crippen LogP contribution in [0.25, 0.3) is 5.82 Å². The van der Waals surface area contributed by atoms with Gasteiger partial charge in [-0.1, -0.05) is 6.07 Å². The first-order chi connectivity index (χ1) is 9.63. The molecule has 0 spiro atoms. The maximum atomic E-state index is 12.1. The van der Waals surface area contributed by atoms with E-state index < -0.39 is 0 Å². The quantitative estimate of drug-likeness (QED) is 0.855. The van der Waals surface area contributed by atoms with Crippen LogP contribution in [0.1, 0.15) is 29.4 Å². The van der Waals surface area contributed by atoms with E-state index >= 15 is 0 Å². The molecule has 2 rings (SSSR count). The molecule has 2 heterocycles. The second-order valence-electron chi connectivity index (χ2n) is 4.63. The largest absolute Gasteiger partial charge is 0.396 e. The summed E-state index contributed by atoms with van der Waals surface area (Å²) in [5.74, 6) is 0.484. The number of pyridine rings is 1. The number of amides is 1. The fraction of sp³-hybridized carbons (Fsp3) is 0.357. The molecule has 2 aromatic rings. The van der Waals surface area contributed by atoms with E-state index in [0.717, 1.165) is 5.69 Å². The zero-order valence-electron chi connectivity index (χ0n) is 11.6. The number of aliphatic hydroxyl groups excluding tert-OH is 1. The van der Waals surface area contributed by atoms with E-state index in [-0.39, 0.29) is 18.6 Å². The van der Waals surface area contributed by atoms with Crippen molar-refractivity contribution in [3.05, 3.63) is 41.9 Å². The van der Waals surface area contributed by atoms with Crippen LogP contribution in [0, 0.1) is 6.92 Å². The number of nitrogens with one attached hydrogen (secondary N) is 1. The van der Waals surface area contributed by atoms with Crippen molar-refractivity contribution in [3.63, 3.8) is 0 Å². The Kier molecular flexibility index (Phi) is 4.47. The first kappa shape index (κ1) is 14.2. The number of nitrogens with zero attached hydrogens (tertiary/aromatic N) is 3. The van der Waals surface area contributed by atoms with Crippen LogP contribution < -0.4 is 5.32 Å². The number of carbonyl (C=O) groups excluding carboxylic acids is 1. The van der Waals surface area contributed by atoms with E-state index in [1.165, 1.54) is 6.20 Å². The highest BCUT2D eigenvalue weighted by Crippen LogP contribution is 2.12. The van der Waals surface area contributed by atoms with Crippen LogP contribution in [0.2, 0.25) is 0 Å². The van der Waals surface area contributed by atoms with Crippen LogP contribution in [0.15, 0.2) is 30.6 Å². The van der Waals surface area contributed by atoms with E-state index in [2.05, 4.69) is 15.4 Å². The summed E-state index contributed by atoms with van der Waals surface area (Å²) in [7, 11) is 0. The Morgan fingerprint density at radius 1 is 1.50 bits per heavy atom. The highest BCUT2D eigenvalue weighted by molar-refractivity contribution is 5.95. The van der Waals surface area contributed by atoms with Gasteiger partial charge in [-0.2, -0.15) is 5.10 Å². The number of hydrogen-bond donors (Lipinski definition) is 2. The van der Waals surface area contributed by atoms with E-state index in [0.29, 0.717) is 17.8 Å². The van der Waals surface area contributed by atoms with Gasteiger partial charge in [0, 0.05) is 18.8 Å². The highest BCUT2D eigenvalue weighted by atomic mass is 16.3. The molecule has 6 heteroatoms. The number of carbonyl (C=O) groups is 1. The average Bonchev–Trinajstić information content (AvgIpc) is 2.82. The number of hydrogen-bond acceptors (Lipinski definition) is 4. The van der Waals surface area contributed by atoms with E-state index in [9.17, 15) is 4.79 Å². The van der Waals surface area contributed by atoms with Crippen molar-refractivity contribution < 1.29 is 9.90 Å². The fourth-order valence-electron chi connectivity index (χ4n) is 1.91. The number of aliphatic hydroxyl groups is 1. The molecule has 6 nitrogen and oxygen atoms in total. The average molecular weight is 274 g/mol. The molecule has 1 amide bonds. The van der Waals surface area contributed by atoms with E-state index in [1.807, 2.05) is 32.0 Å². The summed E-state index contributed by atoms with van der Waals surface area (Å²) in [6.07, 6.45) is 3.74. The minimum atomic E-state index is -0.189. The molecule has 0 saturated carbocycles. The molecule has 0 bridgehead atoms. The van der Waals surface area contributed by atoms with Crippen LogP contribution >= 0.6 is 0 Å². The molecule has 0 aliphatic heterocycles. The molecule has 0 aliphatic carbocycles. The van der Waals surface area contributed by atoms with Gasteiger partial charge in [-0.25, -0.2) is 9.67 Å². The minimum Gasteiger partial charge on any atom is -0.396 e. The van der Waals surface area contributed by atoms with Gasteiger partial charge in [0.25, 0.3) is 5.91 Å². The molecule has 0 fully saturated rings. The maximum Gasteiger partial charge on any atom is 0.254 e. The van der Waals surface area contributed by atoms with Gasteiger partial charge < -0.3 is 10.4 Å². The Bertz CT molecular complexity index is 580. The van der Waals surface area contributed by atoms with Crippen molar-refractivity contribution in [1.82, 2.24) is 20.1 Å². The number of aromatic nitrogens is 3. The van der Waals surface area contributed by atoms with Gasteiger partial charge in [-0.3, -0.25) is 4.79 Å². The highest BCUT2D eigenvalue weighted by Gasteiger charge is 2.16. The van der Waals surface area contributed by atoms with Gasteiger partial charge in [0.1, 0.15) is 0 Å². The van der Waals surface area contributed by atoms with Crippen LogP contribution in [0.4, 0.5) is 0 Å². The van der Waals surface area contributed by atoms with Crippen LogP contribution in [-0.2, 0) is 0 Å². The topological polar surface area (TPSA) is 80.0 Å². The lowest BCUT2D eigenvalue weighted by molar-refractivity contribution is 0.0934. The molecule has 1 atom stereocenters. The zero-order chi connectivity index (χ0) is 14.5. The lowest BCUT2D eigenvalue weighted by atomic mass is 10.2. The van der Waals surface area contributed by atoms with E-state index in [4.69, 9.17) is 5.11 Å². The molecule has 0 aliphatic rings. The van der Waals surface area contributed by atoms with Crippen molar-refractivity contribution >= 4 is 5.91 Å². The summed E-state index contributed by atoms with van der Waals surface area (Å²) >= 11 is 0. The predicted molar refractivity (Wildman–Crippen MR) is 74.7 cm³/mol. The Labute approximate surface area is 117 Å². The monoisotopic (exact) mass is 274 g/mol. The van der Waals surface area contributed by atoms with Crippen molar-refractivity contribution in [2.75, 3.05) is 6.61 Å². The molecule has 1 unspecified atom stereocenters. The summed E-state index contributed by atoms with van der Waals surface area (Å²) in [6.45, 7) is 3.73.